The number of alkyl halides is 3. The van der Waals surface area contributed by atoms with Gasteiger partial charge in [-0.2, -0.15) is 13.2 Å². The summed E-state index contributed by atoms with van der Waals surface area (Å²) in [6.45, 7) is 0. The van der Waals surface area contributed by atoms with Gasteiger partial charge in [0.15, 0.2) is 0 Å². The van der Waals surface area contributed by atoms with Gasteiger partial charge >= 0.3 is 12.1 Å². The van der Waals surface area contributed by atoms with Crippen molar-refractivity contribution in [2.45, 2.75) is 6.18 Å². The quantitative estimate of drug-likeness (QED) is 0.129. The lowest BCUT2D eigenvalue weighted by Gasteiger charge is -2.14. The van der Waals surface area contributed by atoms with Gasteiger partial charge < -0.3 is 13.9 Å². The maximum absolute atomic E-state index is 13.8. The number of benzene rings is 4. The molecule has 5 aromatic rings. The number of fused-ring (bicyclic) bond motifs is 2. The molecular weight excluding hydrogens is 521 g/mol. The molecular formula is C29H16ClF3O5. The summed E-state index contributed by atoms with van der Waals surface area (Å²) in [6.07, 6.45) is -2.28. The van der Waals surface area contributed by atoms with E-state index in [-0.39, 0.29) is 21.9 Å². The van der Waals surface area contributed by atoms with E-state index in [1.54, 1.807) is 12.1 Å². The van der Waals surface area contributed by atoms with Crippen LogP contribution >= 0.6 is 11.6 Å². The summed E-state index contributed by atoms with van der Waals surface area (Å²) >= 11 is 5.98. The molecule has 4 aromatic carbocycles. The van der Waals surface area contributed by atoms with Gasteiger partial charge in [0.1, 0.15) is 17.1 Å². The summed E-state index contributed by atoms with van der Waals surface area (Å²) < 4.78 is 57.0. The normalized spacial score (nSPS) is 11.8. The van der Waals surface area contributed by atoms with E-state index in [2.05, 4.69) is 0 Å². The molecule has 0 radical (unpaired) electrons. The van der Waals surface area contributed by atoms with E-state index in [4.69, 9.17) is 25.5 Å². The first-order chi connectivity index (χ1) is 18.2. The zero-order valence-electron chi connectivity index (χ0n) is 19.3. The number of hydrogen-bond donors (Lipinski definition) is 0. The number of esters is 1. The lowest BCUT2D eigenvalue weighted by Crippen LogP contribution is -2.15. The highest BCUT2D eigenvalue weighted by Crippen LogP contribution is 2.39. The van der Waals surface area contributed by atoms with E-state index in [9.17, 15) is 22.8 Å². The topological polar surface area (TPSA) is 65.7 Å². The van der Waals surface area contributed by atoms with Crippen LogP contribution in [0.25, 0.3) is 27.8 Å². The molecule has 0 N–H and O–H groups in total. The molecule has 0 bridgehead atoms. The van der Waals surface area contributed by atoms with Gasteiger partial charge in [-0.1, -0.05) is 66.2 Å². The Morgan fingerprint density at radius 2 is 1.63 bits per heavy atom. The Balaban J connectivity index is 1.46. The zero-order valence-corrected chi connectivity index (χ0v) is 20.0. The molecule has 0 spiro atoms. The number of para-hydroxylation sites is 1. The van der Waals surface area contributed by atoms with Gasteiger partial charge in [0.25, 0.3) is 5.76 Å². The monoisotopic (exact) mass is 536 g/mol. The molecule has 0 fully saturated rings. The molecule has 0 unspecified atom stereocenters. The third-order valence-electron chi connectivity index (χ3n) is 5.57. The zero-order chi connectivity index (χ0) is 26.9. The van der Waals surface area contributed by atoms with Gasteiger partial charge in [0.2, 0.25) is 11.2 Å². The highest BCUT2D eigenvalue weighted by Gasteiger charge is 2.40. The van der Waals surface area contributed by atoms with Crippen LogP contribution in [0.5, 0.6) is 17.2 Å². The summed E-state index contributed by atoms with van der Waals surface area (Å²) in [7, 11) is 0. The van der Waals surface area contributed by atoms with Gasteiger partial charge in [-0.05, 0) is 46.7 Å². The van der Waals surface area contributed by atoms with Crippen molar-refractivity contribution < 1.29 is 31.9 Å². The van der Waals surface area contributed by atoms with Crippen molar-refractivity contribution in [3.05, 3.63) is 118 Å². The summed E-state index contributed by atoms with van der Waals surface area (Å²) in [6, 6.07) is 22.5. The van der Waals surface area contributed by atoms with E-state index in [1.807, 2.05) is 42.5 Å². The molecule has 0 atom stereocenters. The number of carbonyl (C=O) groups is 1. The molecule has 38 heavy (non-hydrogen) atoms. The van der Waals surface area contributed by atoms with E-state index in [0.29, 0.717) is 0 Å². The fourth-order valence-electron chi connectivity index (χ4n) is 3.84. The minimum Gasteiger partial charge on any atom is -0.448 e. The van der Waals surface area contributed by atoms with Gasteiger partial charge in [-0.25, -0.2) is 4.79 Å². The molecule has 5 rings (SSSR count). The van der Waals surface area contributed by atoms with Crippen molar-refractivity contribution in [2.75, 3.05) is 0 Å². The van der Waals surface area contributed by atoms with Gasteiger partial charge in [-0.3, -0.25) is 4.79 Å². The highest BCUT2D eigenvalue weighted by atomic mass is 35.5. The Bertz CT molecular complexity index is 1770. The molecule has 0 aliphatic rings. The van der Waals surface area contributed by atoms with Crippen LogP contribution in [0.1, 0.15) is 11.3 Å². The van der Waals surface area contributed by atoms with Crippen LogP contribution in [0.4, 0.5) is 13.2 Å². The molecule has 0 saturated carbocycles. The number of carbonyl (C=O) groups excluding carboxylic acids is 1. The lowest BCUT2D eigenvalue weighted by atomic mass is 10.0. The van der Waals surface area contributed by atoms with Gasteiger partial charge in [0.05, 0.1) is 10.4 Å². The van der Waals surface area contributed by atoms with Crippen molar-refractivity contribution in [3.8, 4) is 17.2 Å². The molecule has 0 saturated heterocycles. The van der Waals surface area contributed by atoms with Crippen LogP contribution in [0.15, 0.2) is 100 Å². The molecule has 1 heterocycles. The maximum atomic E-state index is 13.8. The fraction of sp³-hybridized carbons (Fsp3) is 0.0345. The Morgan fingerprint density at radius 1 is 0.895 bits per heavy atom. The van der Waals surface area contributed by atoms with Crippen molar-refractivity contribution in [2.24, 2.45) is 0 Å². The molecule has 0 amide bonds. The van der Waals surface area contributed by atoms with Crippen LogP contribution in [-0.4, -0.2) is 5.97 Å². The SMILES string of the molecule is O=C(/C=C/c1cccc2ccccc12)Oc1ccc2c(=O)c(Oc3ccccc3Cl)c(C(F)(F)F)oc2c1. The largest absolute Gasteiger partial charge is 0.453 e. The maximum Gasteiger partial charge on any atom is 0.453 e. The molecule has 9 heteroatoms. The standard InChI is InChI=1S/C29H16ClF3O5/c30-22-10-3-4-11-23(22)37-27-26(35)21-14-13-19(16-24(21)38-28(27)29(31,32)33)36-25(34)15-12-18-8-5-7-17-6-1-2-9-20(17)18/h1-16H/b15-12+. The summed E-state index contributed by atoms with van der Waals surface area (Å²) in [5.74, 6) is -3.72. The number of ether oxygens (including phenoxy) is 2. The van der Waals surface area contributed by atoms with Crippen LogP contribution in [0.3, 0.4) is 0 Å². The van der Waals surface area contributed by atoms with Crippen LogP contribution in [0.2, 0.25) is 5.02 Å². The first-order valence-corrected chi connectivity index (χ1v) is 11.6. The summed E-state index contributed by atoms with van der Waals surface area (Å²) in [5, 5.41) is 1.73. The van der Waals surface area contributed by atoms with Crippen LogP contribution < -0.4 is 14.9 Å². The second-order valence-corrected chi connectivity index (χ2v) is 8.51. The molecule has 0 aliphatic heterocycles. The Labute approximate surface area is 218 Å². The summed E-state index contributed by atoms with van der Waals surface area (Å²) in [5.41, 5.74) is -0.713. The molecule has 1 aromatic heterocycles. The average molecular weight is 537 g/mol. The van der Waals surface area contributed by atoms with E-state index < -0.39 is 34.7 Å². The molecule has 190 valence electrons. The number of hydrogen-bond acceptors (Lipinski definition) is 5. The Morgan fingerprint density at radius 3 is 2.42 bits per heavy atom. The van der Waals surface area contributed by atoms with E-state index >= 15 is 0 Å². The predicted molar refractivity (Wildman–Crippen MR) is 138 cm³/mol. The van der Waals surface area contributed by atoms with Crippen molar-refractivity contribution >= 4 is 45.4 Å². The second-order valence-electron chi connectivity index (χ2n) is 8.10. The summed E-state index contributed by atoms with van der Waals surface area (Å²) in [4.78, 5) is 25.4. The van der Waals surface area contributed by atoms with Gasteiger partial charge in [0, 0.05) is 12.1 Å². The molecule has 5 nitrogen and oxygen atoms in total. The van der Waals surface area contributed by atoms with Crippen LogP contribution in [-0.2, 0) is 11.0 Å². The van der Waals surface area contributed by atoms with Crippen molar-refractivity contribution in [3.63, 3.8) is 0 Å². The van der Waals surface area contributed by atoms with Crippen molar-refractivity contribution in [1.82, 2.24) is 0 Å². The second kappa shape index (κ2) is 10.1. The van der Waals surface area contributed by atoms with Crippen molar-refractivity contribution in [1.29, 1.82) is 0 Å². The highest BCUT2D eigenvalue weighted by molar-refractivity contribution is 6.32. The molecule has 0 aliphatic carbocycles. The first kappa shape index (κ1) is 25.1. The smallest absolute Gasteiger partial charge is 0.448 e. The third-order valence-corrected chi connectivity index (χ3v) is 5.88. The van der Waals surface area contributed by atoms with Crippen LogP contribution in [0, 0.1) is 0 Å². The van der Waals surface area contributed by atoms with E-state index in [0.717, 1.165) is 22.4 Å². The minimum atomic E-state index is -5.06. The fourth-order valence-corrected chi connectivity index (χ4v) is 4.01. The Kier molecular flexibility index (Phi) is 6.65. The number of halogens is 4. The minimum absolute atomic E-state index is 0.0129. The Hall–Kier alpha value is -4.56. The average Bonchev–Trinajstić information content (AvgIpc) is 2.89. The first-order valence-electron chi connectivity index (χ1n) is 11.2. The lowest BCUT2D eigenvalue weighted by molar-refractivity contribution is -0.154. The third kappa shape index (κ3) is 5.12. The van der Waals surface area contributed by atoms with Gasteiger partial charge in [-0.15, -0.1) is 0 Å². The number of rotatable bonds is 5. The van der Waals surface area contributed by atoms with E-state index in [1.165, 1.54) is 36.4 Å². The predicted octanol–water partition coefficient (Wildman–Crippen LogP) is 8.03.